The third-order valence-corrected chi connectivity index (χ3v) is 3.93. The van der Waals surface area contributed by atoms with Crippen LogP contribution >= 0.6 is 0 Å². The summed E-state index contributed by atoms with van der Waals surface area (Å²) < 4.78 is 1.63. The number of fused-ring (bicyclic) bond motifs is 1. The highest BCUT2D eigenvalue weighted by atomic mass is 16.2. The second kappa shape index (κ2) is 5.68. The molecule has 0 radical (unpaired) electrons. The first-order chi connectivity index (χ1) is 11.3. The van der Waals surface area contributed by atoms with Crippen molar-refractivity contribution in [3.8, 4) is 0 Å². The van der Waals surface area contributed by atoms with Gasteiger partial charge in [-0.05, 0) is 36.2 Å². The molecular formula is C16H16N6O. The van der Waals surface area contributed by atoms with Crippen LogP contribution in [0.1, 0.15) is 18.4 Å². The second-order valence-electron chi connectivity index (χ2n) is 5.52. The number of hydrogen-bond acceptors (Lipinski definition) is 5. The first-order valence-electron chi connectivity index (χ1n) is 7.60. The SMILES string of the molecule is O=C1CCCN1c1cccc(CNc2ccc3nncn3n2)c1. The Morgan fingerprint density at radius 1 is 1.22 bits per heavy atom. The topological polar surface area (TPSA) is 75.4 Å². The number of rotatable bonds is 4. The molecule has 7 heteroatoms. The predicted molar refractivity (Wildman–Crippen MR) is 86.1 cm³/mol. The van der Waals surface area contributed by atoms with Crippen LogP contribution in [0.15, 0.2) is 42.7 Å². The molecule has 1 aromatic carbocycles. The van der Waals surface area contributed by atoms with Gasteiger partial charge < -0.3 is 10.2 Å². The normalized spacial score (nSPS) is 14.6. The zero-order valence-electron chi connectivity index (χ0n) is 12.5. The molecule has 0 unspecified atom stereocenters. The van der Waals surface area contributed by atoms with Gasteiger partial charge in [-0.1, -0.05) is 12.1 Å². The molecule has 116 valence electrons. The van der Waals surface area contributed by atoms with Crippen molar-refractivity contribution in [1.29, 1.82) is 0 Å². The average Bonchev–Trinajstić information content (AvgIpc) is 3.21. The zero-order valence-corrected chi connectivity index (χ0v) is 12.5. The average molecular weight is 308 g/mol. The molecule has 0 atom stereocenters. The van der Waals surface area contributed by atoms with Crippen LogP contribution in [-0.2, 0) is 11.3 Å². The van der Waals surface area contributed by atoms with Gasteiger partial charge in [-0.15, -0.1) is 15.3 Å². The summed E-state index contributed by atoms with van der Waals surface area (Å²) in [7, 11) is 0. The number of carbonyl (C=O) groups excluding carboxylic acids is 1. The molecule has 23 heavy (non-hydrogen) atoms. The Balaban J connectivity index is 1.49. The molecule has 1 aliphatic heterocycles. The summed E-state index contributed by atoms with van der Waals surface area (Å²) in [6.07, 6.45) is 3.15. The fraction of sp³-hybridized carbons (Fsp3) is 0.250. The Bertz CT molecular complexity index is 858. The Morgan fingerprint density at radius 2 is 2.17 bits per heavy atom. The van der Waals surface area contributed by atoms with Gasteiger partial charge in [0.05, 0.1) is 0 Å². The molecule has 4 rings (SSSR count). The minimum absolute atomic E-state index is 0.204. The number of nitrogens with zero attached hydrogens (tertiary/aromatic N) is 5. The monoisotopic (exact) mass is 308 g/mol. The Morgan fingerprint density at radius 3 is 3.04 bits per heavy atom. The molecular weight excluding hydrogens is 292 g/mol. The molecule has 7 nitrogen and oxygen atoms in total. The molecule has 0 bridgehead atoms. The van der Waals surface area contributed by atoms with Gasteiger partial charge in [-0.3, -0.25) is 4.79 Å². The summed E-state index contributed by atoms with van der Waals surface area (Å²) in [5.74, 6) is 0.954. The van der Waals surface area contributed by atoms with E-state index in [-0.39, 0.29) is 5.91 Å². The molecule has 3 heterocycles. The maximum Gasteiger partial charge on any atom is 0.227 e. The van der Waals surface area contributed by atoms with E-state index in [1.165, 1.54) is 0 Å². The lowest BCUT2D eigenvalue weighted by Crippen LogP contribution is -2.23. The van der Waals surface area contributed by atoms with Gasteiger partial charge in [0.1, 0.15) is 12.1 Å². The standard InChI is InChI=1S/C16H16N6O/c23-16-5-2-8-21(16)13-4-1-3-12(9-13)10-17-14-6-7-15-19-18-11-22(15)20-14/h1,3-4,6-7,9,11H,2,5,8,10H2,(H,17,20). The highest BCUT2D eigenvalue weighted by molar-refractivity contribution is 5.95. The molecule has 1 aliphatic rings. The van der Waals surface area contributed by atoms with Crippen molar-refractivity contribution < 1.29 is 4.79 Å². The highest BCUT2D eigenvalue weighted by Crippen LogP contribution is 2.22. The van der Waals surface area contributed by atoms with E-state index in [9.17, 15) is 4.79 Å². The lowest BCUT2D eigenvalue weighted by molar-refractivity contribution is -0.117. The second-order valence-corrected chi connectivity index (χ2v) is 5.52. The fourth-order valence-electron chi connectivity index (χ4n) is 2.77. The van der Waals surface area contributed by atoms with E-state index in [4.69, 9.17) is 0 Å². The van der Waals surface area contributed by atoms with E-state index in [1.54, 1.807) is 10.8 Å². The third kappa shape index (κ3) is 2.73. The van der Waals surface area contributed by atoms with Crippen molar-refractivity contribution in [1.82, 2.24) is 19.8 Å². The van der Waals surface area contributed by atoms with Crippen LogP contribution in [-0.4, -0.2) is 32.3 Å². The van der Waals surface area contributed by atoms with Crippen LogP contribution in [0.4, 0.5) is 11.5 Å². The highest BCUT2D eigenvalue weighted by Gasteiger charge is 2.21. The van der Waals surface area contributed by atoms with E-state index < -0.39 is 0 Å². The van der Waals surface area contributed by atoms with Gasteiger partial charge in [0, 0.05) is 25.2 Å². The molecule has 1 saturated heterocycles. The maximum atomic E-state index is 11.9. The van der Waals surface area contributed by atoms with E-state index in [0.717, 1.165) is 30.0 Å². The van der Waals surface area contributed by atoms with E-state index in [0.29, 0.717) is 18.6 Å². The quantitative estimate of drug-likeness (QED) is 0.796. The molecule has 3 aromatic rings. The molecule has 0 saturated carbocycles. The van der Waals surface area contributed by atoms with Crippen molar-refractivity contribution >= 4 is 23.1 Å². The van der Waals surface area contributed by atoms with Gasteiger partial charge in [-0.2, -0.15) is 4.52 Å². The summed E-state index contributed by atoms with van der Waals surface area (Å²) in [6.45, 7) is 1.44. The zero-order chi connectivity index (χ0) is 15.6. The first-order valence-corrected chi connectivity index (χ1v) is 7.60. The minimum atomic E-state index is 0.204. The van der Waals surface area contributed by atoms with Crippen molar-refractivity contribution in [2.75, 3.05) is 16.8 Å². The Kier molecular flexibility index (Phi) is 3.38. The largest absolute Gasteiger partial charge is 0.365 e. The number of nitrogens with one attached hydrogen (secondary N) is 1. The predicted octanol–water partition coefficient (Wildman–Crippen LogP) is 1.86. The lowest BCUT2D eigenvalue weighted by atomic mass is 10.2. The van der Waals surface area contributed by atoms with Crippen LogP contribution in [0.3, 0.4) is 0 Å². The Labute approximate surface area is 132 Å². The molecule has 1 N–H and O–H groups in total. The van der Waals surface area contributed by atoms with Gasteiger partial charge in [0.15, 0.2) is 5.65 Å². The number of hydrogen-bond donors (Lipinski definition) is 1. The van der Waals surface area contributed by atoms with Gasteiger partial charge in [-0.25, -0.2) is 0 Å². The van der Waals surface area contributed by atoms with Gasteiger partial charge >= 0.3 is 0 Å². The summed E-state index contributed by atoms with van der Waals surface area (Å²) in [5, 5.41) is 15.4. The van der Waals surface area contributed by atoms with Crippen LogP contribution in [0.25, 0.3) is 5.65 Å². The third-order valence-electron chi connectivity index (χ3n) is 3.93. The Hall–Kier alpha value is -2.96. The number of amides is 1. The molecule has 0 spiro atoms. The van der Waals surface area contributed by atoms with Crippen molar-refractivity contribution in [2.24, 2.45) is 0 Å². The molecule has 2 aromatic heterocycles. The summed E-state index contributed by atoms with van der Waals surface area (Å²) in [5.41, 5.74) is 2.78. The molecule has 1 amide bonds. The first kappa shape index (κ1) is 13.7. The van der Waals surface area contributed by atoms with Crippen LogP contribution in [0.5, 0.6) is 0 Å². The minimum Gasteiger partial charge on any atom is -0.365 e. The van der Waals surface area contributed by atoms with Gasteiger partial charge in [0.25, 0.3) is 0 Å². The fourth-order valence-corrected chi connectivity index (χ4v) is 2.77. The van der Waals surface area contributed by atoms with Crippen molar-refractivity contribution in [3.05, 3.63) is 48.3 Å². The molecule has 1 fully saturated rings. The summed E-state index contributed by atoms with van der Waals surface area (Å²) in [4.78, 5) is 13.7. The van der Waals surface area contributed by atoms with E-state index in [2.05, 4.69) is 20.6 Å². The summed E-state index contributed by atoms with van der Waals surface area (Å²) >= 11 is 0. The van der Waals surface area contributed by atoms with E-state index in [1.807, 2.05) is 41.3 Å². The van der Waals surface area contributed by atoms with Crippen molar-refractivity contribution in [3.63, 3.8) is 0 Å². The van der Waals surface area contributed by atoms with Crippen LogP contribution in [0, 0.1) is 0 Å². The van der Waals surface area contributed by atoms with Crippen LogP contribution in [0.2, 0.25) is 0 Å². The van der Waals surface area contributed by atoms with Gasteiger partial charge in [0.2, 0.25) is 5.91 Å². The lowest BCUT2D eigenvalue weighted by Gasteiger charge is -2.16. The number of aromatic nitrogens is 4. The molecule has 0 aliphatic carbocycles. The van der Waals surface area contributed by atoms with Crippen LogP contribution < -0.4 is 10.2 Å². The maximum absolute atomic E-state index is 11.9. The summed E-state index contributed by atoms with van der Waals surface area (Å²) in [6, 6.07) is 11.8. The smallest absolute Gasteiger partial charge is 0.227 e. The number of anilines is 2. The number of carbonyl (C=O) groups is 1. The van der Waals surface area contributed by atoms with Crippen molar-refractivity contribution in [2.45, 2.75) is 19.4 Å². The van der Waals surface area contributed by atoms with E-state index >= 15 is 0 Å². The number of benzene rings is 1.